The highest BCUT2D eigenvalue weighted by molar-refractivity contribution is 7.12. The lowest BCUT2D eigenvalue weighted by atomic mass is 9.88. The van der Waals surface area contributed by atoms with Crippen LogP contribution in [0.2, 0.25) is 0 Å². The molecule has 1 aliphatic rings. The molecule has 0 saturated carbocycles. The third-order valence-corrected chi connectivity index (χ3v) is 5.82. The van der Waals surface area contributed by atoms with E-state index in [0.717, 1.165) is 0 Å². The minimum absolute atomic E-state index is 0.0675. The van der Waals surface area contributed by atoms with Crippen molar-refractivity contribution in [1.29, 1.82) is 0 Å². The number of nitrogens with zero attached hydrogens (tertiary/aromatic N) is 1. The lowest BCUT2D eigenvalue weighted by molar-refractivity contribution is -0.124. The van der Waals surface area contributed by atoms with Crippen LogP contribution in [0.15, 0.2) is 40.3 Å². The van der Waals surface area contributed by atoms with Crippen LogP contribution in [0.3, 0.4) is 0 Å². The first-order valence-electron chi connectivity index (χ1n) is 9.54. The molecular weight excluding hydrogens is 394 g/mol. The predicted molar refractivity (Wildman–Crippen MR) is 108 cm³/mol. The molecule has 1 aliphatic heterocycles. The molecular formula is C20H25N3O5S. The van der Waals surface area contributed by atoms with Crippen molar-refractivity contribution in [3.05, 3.63) is 46.5 Å². The van der Waals surface area contributed by atoms with Gasteiger partial charge < -0.3 is 24.7 Å². The van der Waals surface area contributed by atoms with Crippen LogP contribution in [0.1, 0.15) is 33.1 Å². The van der Waals surface area contributed by atoms with Crippen LogP contribution in [0.5, 0.6) is 0 Å². The molecule has 1 saturated heterocycles. The average molecular weight is 420 g/mol. The van der Waals surface area contributed by atoms with Crippen molar-refractivity contribution in [2.45, 2.75) is 18.9 Å². The molecule has 1 fully saturated rings. The lowest BCUT2D eigenvalue weighted by Crippen LogP contribution is -2.54. The number of likely N-dealkylation sites (tertiary alicyclic amines) is 1. The largest absolute Gasteiger partial charge is 0.459 e. The van der Waals surface area contributed by atoms with Crippen molar-refractivity contribution in [3.63, 3.8) is 0 Å². The predicted octanol–water partition coefficient (Wildman–Crippen LogP) is 1.75. The number of methoxy groups -OCH3 is 1. The number of furan rings is 1. The van der Waals surface area contributed by atoms with Crippen molar-refractivity contribution >= 4 is 29.1 Å². The Hall–Kier alpha value is -2.65. The van der Waals surface area contributed by atoms with Crippen molar-refractivity contribution < 1.29 is 23.5 Å². The van der Waals surface area contributed by atoms with Gasteiger partial charge in [-0.25, -0.2) is 0 Å². The van der Waals surface area contributed by atoms with Gasteiger partial charge >= 0.3 is 0 Å². The topological polar surface area (TPSA) is 101 Å². The molecule has 0 aromatic carbocycles. The van der Waals surface area contributed by atoms with Gasteiger partial charge in [-0.3, -0.25) is 14.4 Å². The molecule has 9 heteroatoms. The molecule has 0 spiro atoms. The Morgan fingerprint density at radius 2 is 2.07 bits per heavy atom. The van der Waals surface area contributed by atoms with Crippen LogP contribution in [0.4, 0.5) is 0 Å². The summed E-state index contributed by atoms with van der Waals surface area (Å²) in [6.07, 6.45) is 2.69. The average Bonchev–Trinajstić information content (AvgIpc) is 3.46. The molecule has 1 atom stereocenters. The van der Waals surface area contributed by atoms with Gasteiger partial charge in [0.15, 0.2) is 5.76 Å². The number of amides is 3. The Morgan fingerprint density at radius 1 is 1.28 bits per heavy atom. The molecule has 3 amide bonds. The number of hydrogen-bond acceptors (Lipinski definition) is 6. The Labute approximate surface area is 173 Å². The van der Waals surface area contributed by atoms with Crippen LogP contribution in [0, 0.1) is 5.92 Å². The van der Waals surface area contributed by atoms with Gasteiger partial charge in [-0.2, -0.15) is 0 Å². The smallest absolute Gasteiger partial charge is 0.289 e. The Bertz CT molecular complexity index is 798. The number of ether oxygens (including phenoxy) is 1. The van der Waals surface area contributed by atoms with Crippen molar-refractivity contribution in [3.8, 4) is 0 Å². The summed E-state index contributed by atoms with van der Waals surface area (Å²) in [5.41, 5.74) is 0. The second-order valence-corrected chi connectivity index (χ2v) is 7.77. The van der Waals surface area contributed by atoms with E-state index < -0.39 is 6.04 Å². The number of carbonyl (C=O) groups excluding carboxylic acids is 3. The fourth-order valence-corrected chi connectivity index (χ4v) is 4.02. The van der Waals surface area contributed by atoms with Crippen molar-refractivity contribution in [2.24, 2.45) is 5.92 Å². The highest BCUT2D eigenvalue weighted by atomic mass is 32.1. The SMILES string of the molecule is COCCNC(=O)C(NC(=O)c1cccs1)C1CCN(C(=O)c2ccco2)CC1. The lowest BCUT2D eigenvalue weighted by Gasteiger charge is -2.35. The zero-order valence-electron chi connectivity index (χ0n) is 16.3. The van der Waals surface area contributed by atoms with Gasteiger partial charge in [0.05, 0.1) is 17.7 Å². The quantitative estimate of drug-likeness (QED) is 0.635. The summed E-state index contributed by atoms with van der Waals surface area (Å²) in [6, 6.07) is 6.18. The minimum Gasteiger partial charge on any atom is -0.459 e. The minimum atomic E-state index is -0.665. The van der Waals surface area contributed by atoms with Gasteiger partial charge in [-0.05, 0) is 42.3 Å². The first-order valence-corrected chi connectivity index (χ1v) is 10.4. The normalized spacial score (nSPS) is 15.7. The summed E-state index contributed by atoms with van der Waals surface area (Å²) >= 11 is 1.33. The van der Waals surface area contributed by atoms with Gasteiger partial charge in [0.1, 0.15) is 6.04 Å². The van der Waals surface area contributed by atoms with Gasteiger partial charge in [0.2, 0.25) is 5.91 Å². The summed E-state index contributed by atoms with van der Waals surface area (Å²) in [5, 5.41) is 7.52. The molecule has 1 unspecified atom stereocenters. The second kappa shape index (κ2) is 10.2. The first-order chi connectivity index (χ1) is 14.1. The van der Waals surface area contributed by atoms with Crippen LogP contribution >= 0.6 is 11.3 Å². The first kappa shape index (κ1) is 21.1. The fraction of sp³-hybridized carbons (Fsp3) is 0.450. The highest BCUT2D eigenvalue weighted by Crippen LogP contribution is 2.23. The van der Waals surface area contributed by atoms with E-state index in [0.29, 0.717) is 49.7 Å². The Morgan fingerprint density at radius 3 is 2.69 bits per heavy atom. The summed E-state index contributed by atoms with van der Waals surface area (Å²) in [6.45, 7) is 1.77. The maximum atomic E-state index is 12.8. The molecule has 3 heterocycles. The van der Waals surface area contributed by atoms with Crippen LogP contribution in [-0.4, -0.2) is 62.0 Å². The van der Waals surface area contributed by atoms with E-state index in [4.69, 9.17) is 9.15 Å². The summed E-state index contributed by atoms with van der Waals surface area (Å²) in [4.78, 5) is 40.0. The fourth-order valence-electron chi connectivity index (χ4n) is 3.40. The second-order valence-electron chi connectivity index (χ2n) is 6.82. The van der Waals surface area contributed by atoms with E-state index in [9.17, 15) is 14.4 Å². The van der Waals surface area contributed by atoms with Crippen molar-refractivity contribution in [2.75, 3.05) is 33.4 Å². The van der Waals surface area contributed by atoms with Crippen molar-refractivity contribution in [1.82, 2.24) is 15.5 Å². The number of rotatable bonds is 8. The van der Waals surface area contributed by atoms with E-state index in [1.54, 1.807) is 36.3 Å². The van der Waals surface area contributed by atoms with Gasteiger partial charge in [0, 0.05) is 26.7 Å². The molecule has 0 radical (unpaired) electrons. The molecule has 156 valence electrons. The van der Waals surface area contributed by atoms with Crippen LogP contribution < -0.4 is 10.6 Å². The molecule has 2 aromatic heterocycles. The zero-order valence-corrected chi connectivity index (χ0v) is 17.1. The van der Waals surface area contributed by atoms with Crippen LogP contribution in [-0.2, 0) is 9.53 Å². The monoisotopic (exact) mass is 419 g/mol. The number of carbonyl (C=O) groups is 3. The molecule has 2 N–H and O–H groups in total. The third-order valence-electron chi connectivity index (χ3n) is 4.95. The molecule has 0 aliphatic carbocycles. The van der Waals surface area contributed by atoms with Gasteiger partial charge in [-0.1, -0.05) is 6.07 Å². The van der Waals surface area contributed by atoms with E-state index in [1.165, 1.54) is 17.6 Å². The summed E-state index contributed by atoms with van der Waals surface area (Å²) in [5.74, 6) is -0.411. The van der Waals surface area contributed by atoms with E-state index in [2.05, 4.69) is 10.6 Å². The standard InChI is InChI=1S/C20H25N3O5S/c1-27-12-8-21-19(25)17(22-18(24)16-5-3-13-29-16)14-6-9-23(10-7-14)20(26)15-4-2-11-28-15/h2-5,11,13-14,17H,6-10,12H2,1H3,(H,21,25)(H,22,24). The summed E-state index contributed by atoms with van der Waals surface area (Å²) in [7, 11) is 1.56. The number of thiophene rings is 1. The Kier molecular flexibility index (Phi) is 7.42. The van der Waals surface area contributed by atoms with Gasteiger partial charge in [-0.15, -0.1) is 11.3 Å². The summed E-state index contributed by atoms with van der Waals surface area (Å²) < 4.78 is 10.2. The molecule has 0 bridgehead atoms. The zero-order chi connectivity index (χ0) is 20.6. The molecule has 29 heavy (non-hydrogen) atoms. The van der Waals surface area contributed by atoms with Crippen LogP contribution in [0.25, 0.3) is 0 Å². The maximum absolute atomic E-state index is 12.8. The molecule has 8 nitrogen and oxygen atoms in total. The van der Waals surface area contributed by atoms with Gasteiger partial charge in [0.25, 0.3) is 11.8 Å². The Balaban J connectivity index is 1.63. The number of piperidine rings is 1. The van der Waals surface area contributed by atoms with E-state index >= 15 is 0 Å². The van der Waals surface area contributed by atoms with E-state index in [-0.39, 0.29) is 23.6 Å². The number of nitrogens with one attached hydrogen (secondary N) is 2. The highest BCUT2D eigenvalue weighted by Gasteiger charge is 2.34. The molecule has 2 aromatic rings. The maximum Gasteiger partial charge on any atom is 0.289 e. The third kappa shape index (κ3) is 5.45. The number of hydrogen-bond donors (Lipinski definition) is 2. The molecule has 3 rings (SSSR count). The van der Waals surface area contributed by atoms with E-state index in [1.807, 2.05) is 5.38 Å².